The predicted molar refractivity (Wildman–Crippen MR) is 271 cm³/mol. The lowest BCUT2D eigenvalue weighted by molar-refractivity contribution is -0.136. The molecule has 73 heavy (non-hydrogen) atoms. The molecular weight excluding hydrogens is 931 g/mol. The molecule has 2 aliphatic heterocycles. The van der Waals surface area contributed by atoms with Crippen molar-refractivity contribution in [1.29, 1.82) is 5.26 Å². The first kappa shape index (κ1) is 51.2. The number of imide groups is 2. The zero-order valence-electron chi connectivity index (χ0n) is 41.5. The summed E-state index contributed by atoms with van der Waals surface area (Å²) in [5, 5.41) is 20.9. The van der Waals surface area contributed by atoms with Gasteiger partial charge in [0.25, 0.3) is 17.7 Å². The quantitative estimate of drug-likeness (QED) is 0.0734. The van der Waals surface area contributed by atoms with Gasteiger partial charge < -0.3 is 30.0 Å². The van der Waals surface area contributed by atoms with Crippen molar-refractivity contribution in [1.82, 2.24) is 30.4 Å². The van der Waals surface area contributed by atoms with E-state index in [-0.39, 0.29) is 59.9 Å². The summed E-state index contributed by atoms with van der Waals surface area (Å²) >= 11 is 0. The molecule has 5 aromatic rings. The van der Waals surface area contributed by atoms with E-state index in [1.165, 1.54) is 28.8 Å². The zero-order chi connectivity index (χ0) is 52.0. The Hall–Kier alpha value is -8.17. The number of fused-ring (bicyclic) bond motifs is 1. The molecule has 1 atom stereocenters. The number of anilines is 2. The van der Waals surface area contributed by atoms with Gasteiger partial charge in [0.2, 0.25) is 17.4 Å². The average molecular weight is 990 g/mol. The van der Waals surface area contributed by atoms with Crippen LogP contribution in [0.1, 0.15) is 110 Å². The monoisotopic (exact) mass is 989 g/mol. The molecule has 1 unspecified atom stereocenters. The Bertz CT molecular complexity index is 3010. The molecule has 0 radical (unpaired) electrons. The molecule has 3 aliphatic rings. The van der Waals surface area contributed by atoms with Gasteiger partial charge in [0.05, 0.1) is 22.3 Å². The van der Waals surface area contributed by atoms with Crippen molar-refractivity contribution in [2.75, 3.05) is 23.4 Å². The molecule has 0 spiro atoms. The van der Waals surface area contributed by atoms with Crippen molar-refractivity contribution in [2.24, 2.45) is 7.05 Å². The summed E-state index contributed by atoms with van der Waals surface area (Å²) in [7, 11) is 1.71. The van der Waals surface area contributed by atoms with Gasteiger partial charge in [0, 0.05) is 68.4 Å². The third-order valence-corrected chi connectivity index (χ3v) is 13.6. The second-order valence-electron chi connectivity index (χ2n) is 19.8. The normalized spacial score (nSPS) is 17.8. The Labute approximate surface area is 423 Å². The van der Waals surface area contributed by atoms with Crippen LogP contribution < -0.4 is 36.5 Å². The van der Waals surface area contributed by atoms with Crippen LogP contribution in [0.25, 0.3) is 11.1 Å². The van der Waals surface area contributed by atoms with E-state index in [4.69, 9.17) is 14.7 Å². The van der Waals surface area contributed by atoms with Crippen LogP contribution in [0, 0.1) is 11.3 Å². The Morgan fingerprint density at radius 3 is 2.26 bits per heavy atom. The first-order valence-corrected chi connectivity index (χ1v) is 24.4. The number of hydrogen-bond acceptors (Lipinski definition) is 12. The topological polar surface area (TPSA) is 234 Å². The van der Waals surface area contributed by atoms with E-state index >= 15 is 0 Å². The van der Waals surface area contributed by atoms with Gasteiger partial charge in [-0.1, -0.05) is 42.5 Å². The summed E-state index contributed by atoms with van der Waals surface area (Å²) in [6.45, 7) is 7.77. The number of piperidine rings is 1. The van der Waals surface area contributed by atoms with Gasteiger partial charge in [-0.2, -0.15) is 5.26 Å². The standard InChI is InChI=1S/C55H59N9O9/c1-54(2,61-47(66)33-72-44-8-6-7-42-49(44)52(70)64(51(42)69)43-23-25-46(65)60-50(43)68)27-28-73-55(3,4)38-15-9-34(10-16-38)30-58-53(71)63(40-19-12-36(13-20-40)37-14-26-48(67)62(5)32-37)41-21-17-39(18-22-41)59-45-24-11-35(29-56)31-57-45/h6-16,19-20,24,26,31-32,39,41,43H,17-18,21-23,25,27-28,30,33H2,1-5H3,(H,57,59)(H,58,71)(H,61,66)(H,60,65,68). The number of ether oxygens (including phenoxy) is 2. The number of amides is 7. The summed E-state index contributed by atoms with van der Waals surface area (Å²) in [6.07, 6.45) is 6.94. The second-order valence-corrected chi connectivity index (χ2v) is 19.8. The van der Waals surface area contributed by atoms with E-state index in [1.54, 1.807) is 31.6 Å². The molecule has 2 fully saturated rings. The third kappa shape index (κ3) is 12.0. The van der Waals surface area contributed by atoms with Crippen molar-refractivity contribution < 1.29 is 38.2 Å². The van der Waals surface area contributed by atoms with Crippen LogP contribution in [0.3, 0.4) is 0 Å². The average Bonchev–Trinajstić information content (AvgIpc) is 3.62. The van der Waals surface area contributed by atoms with Crippen LogP contribution in [0.2, 0.25) is 0 Å². The molecule has 0 bridgehead atoms. The molecule has 4 N–H and O–H groups in total. The highest BCUT2D eigenvalue weighted by Gasteiger charge is 2.46. The molecule has 2 aromatic heterocycles. The fourth-order valence-corrected chi connectivity index (χ4v) is 9.46. The SMILES string of the molecule is Cn1cc(-c2ccc(N(C(=O)NCc3ccc(C(C)(C)OCCC(C)(C)NC(=O)COc4cccc5c4C(=O)N(C4CCC(=O)NC4=O)C5=O)cc3)C3CCC(Nc4ccc(C#N)cn4)CC3)cc2)ccc1=O. The maximum Gasteiger partial charge on any atom is 0.322 e. The molecule has 378 valence electrons. The van der Waals surface area contributed by atoms with Crippen molar-refractivity contribution in [3.8, 4) is 22.9 Å². The number of pyridine rings is 2. The number of hydrogen-bond donors (Lipinski definition) is 4. The van der Waals surface area contributed by atoms with E-state index < -0.39 is 53.3 Å². The van der Waals surface area contributed by atoms with Gasteiger partial charge in [-0.25, -0.2) is 9.78 Å². The second kappa shape index (κ2) is 21.7. The van der Waals surface area contributed by atoms with Gasteiger partial charge >= 0.3 is 6.03 Å². The van der Waals surface area contributed by atoms with Crippen LogP contribution in [0.4, 0.5) is 16.3 Å². The van der Waals surface area contributed by atoms with Crippen molar-refractivity contribution >= 4 is 47.1 Å². The van der Waals surface area contributed by atoms with Gasteiger partial charge in [0.1, 0.15) is 23.7 Å². The number of nitrogens with one attached hydrogen (secondary N) is 4. The van der Waals surface area contributed by atoms with E-state index in [0.29, 0.717) is 24.4 Å². The van der Waals surface area contributed by atoms with Crippen LogP contribution in [-0.4, -0.2) is 86.9 Å². The Kier molecular flexibility index (Phi) is 15.2. The molecule has 18 heteroatoms. The molecule has 1 saturated heterocycles. The van der Waals surface area contributed by atoms with E-state index in [0.717, 1.165) is 58.5 Å². The first-order chi connectivity index (χ1) is 34.9. The van der Waals surface area contributed by atoms with Gasteiger partial charge in [-0.05, 0) is 131 Å². The van der Waals surface area contributed by atoms with Crippen molar-refractivity contribution in [3.63, 3.8) is 0 Å². The highest BCUT2D eigenvalue weighted by Crippen LogP contribution is 2.35. The Morgan fingerprint density at radius 1 is 0.863 bits per heavy atom. The highest BCUT2D eigenvalue weighted by atomic mass is 16.5. The van der Waals surface area contributed by atoms with Crippen molar-refractivity contribution in [3.05, 3.63) is 142 Å². The Morgan fingerprint density at radius 2 is 1.59 bits per heavy atom. The molecule has 3 aromatic carbocycles. The maximum absolute atomic E-state index is 14.2. The smallest absolute Gasteiger partial charge is 0.322 e. The molecule has 7 amide bonds. The summed E-state index contributed by atoms with van der Waals surface area (Å²) in [4.78, 5) is 97.4. The molecule has 4 heterocycles. The lowest BCUT2D eigenvalue weighted by Crippen LogP contribution is -2.54. The fourth-order valence-electron chi connectivity index (χ4n) is 9.46. The number of benzene rings is 3. The minimum atomic E-state index is -1.13. The lowest BCUT2D eigenvalue weighted by atomic mass is 9.89. The van der Waals surface area contributed by atoms with Crippen LogP contribution in [-0.2, 0) is 38.3 Å². The number of nitrogens with zero attached hydrogens (tertiary/aromatic N) is 5. The van der Waals surface area contributed by atoms with Gasteiger partial charge in [-0.15, -0.1) is 0 Å². The molecule has 18 nitrogen and oxygen atoms in total. The predicted octanol–water partition coefficient (Wildman–Crippen LogP) is 6.48. The number of urea groups is 1. The number of aryl methyl sites for hydroxylation is 1. The summed E-state index contributed by atoms with van der Waals surface area (Å²) in [5.41, 5.74) is 3.37. The highest BCUT2D eigenvalue weighted by molar-refractivity contribution is 6.24. The number of carbonyl (C=O) groups excluding carboxylic acids is 6. The molecule has 1 aliphatic carbocycles. The summed E-state index contributed by atoms with van der Waals surface area (Å²) in [5.74, 6) is -2.31. The van der Waals surface area contributed by atoms with Crippen molar-refractivity contribution in [2.45, 2.75) is 108 Å². The molecule has 8 rings (SSSR count). The fraction of sp³-hybridized carbons (Fsp3) is 0.364. The third-order valence-electron chi connectivity index (χ3n) is 13.6. The van der Waals surface area contributed by atoms with E-state index in [2.05, 4.69) is 32.3 Å². The number of aromatic nitrogens is 2. The largest absolute Gasteiger partial charge is 0.483 e. The first-order valence-electron chi connectivity index (χ1n) is 24.4. The van der Waals surface area contributed by atoms with Crippen LogP contribution in [0.5, 0.6) is 5.75 Å². The number of rotatable bonds is 17. The van der Waals surface area contributed by atoms with Crippen LogP contribution >= 0.6 is 0 Å². The molecular formula is C55H59N9O9. The number of nitriles is 1. The number of carbonyl (C=O) groups is 6. The van der Waals surface area contributed by atoms with Crippen LogP contribution in [0.15, 0.2) is 108 Å². The zero-order valence-corrected chi connectivity index (χ0v) is 41.5. The summed E-state index contributed by atoms with van der Waals surface area (Å²) in [6, 6.07) is 27.9. The minimum Gasteiger partial charge on any atom is -0.483 e. The maximum atomic E-state index is 14.2. The lowest BCUT2D eigenvalue weighted by Gasteiger charge is -2.37. The van der Waals surface area contributed by atoms with E-state index in [9.17, 15) is 33.6 Å². The molecule has 1 saturated carbocycles. The van der Waals surface area contributed by atoms with Gasteiger partial charge in [-0.3, -0.25) is 43.9 Å². The Balaban J connectivity index is 0.836. The summed E-state index contributed by atoms with van der Waals surface area (Å²) < 4.78 is 13.7. The van der Waals surface area contributed by atoms with E-state index in [1.807, 2.05) is 87.2 Å². The minimum absolute atomic E-state index is 0.00628. The van der Waals surface area contributed by atoms with Gasteiger partial charge in [0.15, 0.2) is 6.61 Å².